The van der Waals surface area contributed by atoms with Crippen LogP contribution in [0.25, 0.3) is 0 Å². The van der Waals surface area contributed by atoms with Crippen molar-refractivity contribution in [1.29, 1.82) is 0 Å². The van der Waals surface area contributed by atoms with Crippen molar-refractivity contribution in [2.45, 2.75) is 43.1 Å². The van der Waals surface area contributed by atoms with Gasteiger partial charge in [0.05, 0.1) is 12.7 Å². The van der Waals surface area contributed by atoms with Crippen LogP contribution in [0.3, 0.4) is 0 Å². The van der Waals surface area contributed by atoms with Gasteiger partial charge in [0.2, 0.25) is 0 Å². The van der Waals surface area contributed by atoms with Crippen LogP contribution in [0, 0.1) is 11.8 Å². The van der Waals surface area contributed by atoms with Crippen LogP contribution in [-0.4, -0.2) is 24.1 Å². The summed E-state index contributed by atoms with van der Waals surface area (Å²) in [7, 11) is 1.65. The molecule has 1 fully saturated rings. The molecule has 0 atom stereocenters. The Morgan fingerprint density at radius 2 is 2.10 bits per heavy atom. The highest BCUT2D eigenvalue weighted by atomic mass is 32.2. The number of hydrogen-bond donors (Lipinski definition) is 1. The second-order valence-electron chi connectivity index (χ2n) is 5.07. The summed E-state index contributed by atoms with van der Waals surface area (Å²) in [5.74, 6) is 7.45. The molecular formula is C17H22O2S. The highest BCUT2D eigenvalue weighted by molar-refractivity contribution is 7.99. The maximum absolute atomic E-state index is 8.82. The molecule has 108 valence electrons. The zero-order chi connectivity index (χ0) is 14.2. The Hall–Kier alpha value is -1.11. The Morgan fingerprint density at radius 1 is 1.30 bits per heavy atom. The van der Waals surface area contributed by atoms with Gasteiger partial charge in [0.1, 0.15) is 12.4 Å². The van der Waals surface area contributed by atoms with Gasteiger partial charge in [-0.15, -0.1) is 0 Å². The molecule has 1 aromatic rings. The van der Waals surface area contributed by atoms with Crippen LogP contribution in [0.2, 0.25) is 0 Å². The summed E-state index contributed by atoms with van der Waals surface area (Å²) in [6.45, 7) is -0.121. The Labute approximate surface area is 125 Å². The van der Waals surface area contributed by atoms with E-state index in [0.29, 0.717) is 0 Å². The van der Waals surface area contributed by atoms with Gasteiger partial charge in [0.25, 0.3) is 0 Å². The molecule has 0 saturated heterocycles. The van der Waals surface area contributed by atoms with Crippen molar-refractivity contribution in [3.8, 4) is 17.6 Å². The lowest BCUT2D eigenvalue weighted by Gasteiger charge is -2.21. The van der Waals surface area contributed by atoms with Crippen molar-refractivity contribution in [2.24, 2.45) is 0 Å². The van der Waals surface area contributed by atoms with Crippen molar-refractivity contribution in [1.82, 2.24) is 0 Å². The van der Waals surface area contributed by atoms with E-state index in [-0.39, 0.29) is 6.61 Å². The van der Waals surface area contributed by atoms with Gasteiger partial charge in [-0.05, 0) is 30.5 Å². The summed E-state index contributed by atoms with van der Waals surface area (Å²) >= 11 is 2.06. The van der Waals surface area contributed by atoms with Crippen molar-refractivity contribution in [2.75, 3.05) is 13.7 Å². The number of benzene rings is 1. The number of aliphatic hydroxyl groups excluding tert-OH is 1. The highest BCUT2D eigenvalue weighted by Gasteiger charge is 2.13. The minimum atomic E-state index is -0.121. The van der Waals surface area contributed by atoms with E-state index in [2.05, 4.69) is 35.7 Å². The number of aliphatic hydroxyl groups is 1. The summed E-state index contributed by atoms with van der Waals surface area (Å²) in [4.78, 5) is 0. The summed E-state index contributed by atoms with van der Waals surface area (Å²) in [6, 6.07) is 6.16. The molecule has 3 heteroatoms. The average Bonchev–Trinajstić information content (AvgIpc) is 2.52. The van der Waals surface area contributed by atoms with Crippen molar-refractivity contribution < 1.29 is 9.84 Å². The smallest absolute Gasteiger partial charge is 0.134 e. The predicted octanol–water partition coefficient (Wildman–Crippen LogP) is 3.60. The molecule has 0 aromatic heterocycles. The Balaban J connectivity index is 2.00. The summed E-state index contributed by atoms with van der Waals surface area (Å²) in [5.41, 5.74) is 2.15. The molecule has 0 aliphatic heterocycles. The lowest BCUT2D eigenvalue weighted by molar-refractivity contribution is 0.350. The molecule has 2 rings (SSSR count). The van der Waals surface area contributed by atoms with Gasteiger partial charge in [-0.25, -0.2) is 0 Å². The van der Waals surface area contributed by atoms with Gasteiger partial charge in [-0.3, -0.25) is 0 Å². The molecule has 0 heterocycles. The Morgan fingerprint density at radius 3 is 2.80 bits per heavy atom. The van der Waals surface area contributed by atoms with E-state index in [9.17, 15) is 0 Å². The van der Waals surface area contributed by atoms with Crippen LogP contribution in [0.15, 0.2) is 18.2 Å². The molecule has 0 spiro atoms. The molecule has 1 N–H and O–H groups in total. The Bertz CT molecular complexity index is 481. The van der Waals surface area contributed by atoms with Crippen molar-refractivity contribution in [3.63, 3.8) is 0 Å². The quantitative estimate of drug-likeness (QED) is 0.859. The van der Waals surface area contributed by atoms with E-state index in [4.69, 9.17) is 9.84 Å². The zero-order valence-electron chi connectivity index (χ0n) is 12.0. The van der Waals surface area contributed by atoms with E-state index in [1.165, 1.54) is 37.7 Å². The third kappa shape index (κ3) is 4.47. The summed E-state index contributed by atoms with van der Waals surface area (Å²) in [6.07, 6.45) is 6.89. The van der Waals surface area contributed by atoms with Crippen LogP contribution in [0.1, 0.15) is 43.2 Å². The van der Waals surface area contributed by atoms with Crippen LogP contribution >= 0.6 is 11.8 Å². The van der Waals surface area contributed by atoms with Crippen molar-refractivity contribution >= 4 is 11.8 Å². The minimum absolute atomic E-state index is 0.121. The van der Waals surface area contributed by atoms with Gasteiger partial charge in [-0.1, -0.05) is 37.2 Å². The summed E-state index contributed by atoms with van der Waals surface area (Å²) < 4.78 is 5.30. The van der Waals surface area contributed by atoms with E-state index < -0.39 is 0 Å². The van der Waals surface area contributed by atoms with E-state index >= 15 is 0 Å². The van der Waals surface area contributed by atoms with Crippen LogP contribution in [0.5, 0.6) is 5.75 Å². The molecule has 1 aromatic carbocycles. The first-order valence-corrected chi connectivity index (χ1v) is 8.26. The van der Waals surface area contributed by atoms with Crippen LogP contribution < -0.4 is 4.74 Å². The number of thioether (sulfide) groups is 1. The SMILES string of the molecule is COc1ccc(CSC2CCCCC2)cc1C#CCO. The maximum Gasteiger partial charge on any atom is 0.134 e. The molecule has 1 aliphatic rings. The van der Waals surface area contributed by atoms with Crippen LogP contribution in [-0.2, 0) is 5.75 Å². The molecule has 0 unspecified atom stereocenters. The molecule has 1 saturated carbocycles. The molecular weight excluding hydrogens is 268 g/mol. The van der Waals surface area contributed by atoms with Gasteiger partial charge >= 0.3 is 0 Å². The van der Waals surface area contributed by atoms with E-state index in [1.807, 2.05) is 6.07 Å². The molecule has 0 radical (unpaired) electrons. The minimum Gasteiger partial charge on any atom is -0.495 e. The third-order valence-corrected chi connectivity index (χ3v) is 5.05. The Kier molecular flexibility index (Phi) is 6.29. The molecule has 0 amide bonds. The first kappa shape index (κ1) is 15.3. The third-order valence-electron chi connectivity index (χ3n) is 3.60. The van der Waals surface area contributed by atoms with Gasteiger partial charge < -0.3 is 9.84 Å². The number of hydrogen-bond acceptors (Lipinski definition) is 3. The highest BCUT2D eigenvalue weighted by Crippen LogP contribution is 2.31. The number of ether oxygens (including phenoxy) is 1. The standard InChI is InChI=1S/C17H22O2S/c1-19-17-10-9-14(12-15(17)6-5-11-18)13-20-16-7-3-2-4-8-16/h9-10,12,16,18H,2-4,7-8,11,13H2,1H3. The summed E-state index contributed by atoms with van der Waals surface area (Å²) in [5, 5.41) is 9.63. The molecule has 20 heavy (non-hydrogen) atoms. The lowest BCUT2D eigenvalue weighted by atomic mass is 10.0. The first-order valence-electron chi connectivity index (χ1n) is 7.21. The molecule has 2 nitrogen and oxygen atoms in total. The predicted molar refractivity (Wildman–Crippen MR) is 85.1 cm³/mol. The van der Waals surface area contributed by atoms with Gasteiger partial charge in [0.15, 0.2) is 0 Å². The monoisotopic (exact) mass is 290 g/mol. The fourth-order valence-corrected chi connectivity index (χ4v) is 3.80. The topological polar surface area (TPSA) is 29.5 Å². The lowest BCUT2D eigenvalue weighted by Crippen LogP contribution is -2.08. The van der Waals surface area contributed by atoms with Gasteiger partial charge in [-0.2, -0.15) is 11.8 Å². The fraction of sp³-hybridized carbons (Fsp3) is 0.529. The van der Waals surface area contributed by atoms with E-state index in [1.54, 1.807) is 7.11 Å². The maximum atomic E-state index is 8.82. The van der Waals surface area contributed by atoms with Crippen LogP contribution in [0.4, 0.5) is 0 Å². The second kappa shape index (κ2) is 8.24. The second-order valence-corrected chi connectivity index (χ2v) is 6.35. The normalized spacial score (nSPS) is 15.5. The van der Waals surface area contributed by atoms with E-state index in [0.717, 1.165) is 22.3 Å². The molecule has 1 aliphatic carbocycles. The largest absolute Gasteiger partial charge is 0.495 e. The molecule has 0 bridgehead atoms. The first-order chi connectivity index (χ1) is 9.83. The number of rotatable bonds is 4. The number of methoxy groups -OCH3 is 1. The van der Waals surface area contributed by atoms with Gasteiger partial charge in [0, 0.05) is 11.0 Å². The van der Waals surface area contributed by atoms with Crippen molar-refractivity contribution in [3.05, 3.63) is 29.3 Å². The fourth-order valence-electron chi connectivity index (χ4n) is 2.52. The zero-order valence-corrected chi connectivity index (χ0v) is 12.8. The average molecular weight is 290 g/mol.